The second-order valence-electron chi connectivity index (χ2n) is 8.40. The molecular weight excluding hydrogens is 514 g/mol. The van der Waals surface area contributed by atoms with Gasteiger partial charge in [0.05, 0.1) is 31.4 Å². The van der Waals surface area contributed by atoms with E-state index < -0.39 is 30.2 Å². The monoisotopic (exact) mass is 537 g/mol. The van der Waals surface area contributed by atoms with Crippen molar-refractivity contribution in [2.45, 2.75) is 6.42 Å². The van der Waals surface area contributed by atoms with Gasteiger partial charge in [-0.2, -0.15) is 0 Å². The molecule has 3 aromatic carbocycles. The lowest BCUT2D eigenvalue weighted by atomic mass is 10.1. The third-order valence-electron chi connectivity index (χ3n) is 5.93. The standard InChI is InChI=1S/C28H24ClNO8/c1-35-22-5-3-4-18(12-22)28(34)38-21-9-6-17(7-10-21)24(31)16-37-27(33)19-13-26(32)30(15-19)23-14-20(29)8-11-25(23)36-2/h3-12,14,19H,13,15-16H2,1-2H3. The summed E-state index contributed by atoms with van der Waals surface area (Å²) in [6, 6.07) is 17.3. The number of ketones is 1. The molecule has 4 rings (SSSR count). The molecule has 0 radical (unpaired) electrons. The second kappa shape index (κ2) is 11.8. The minimum absolute atomic E-state index is 0.0595. The van der Waals surface area contributed by atoms with Gasteiger partial charge in [-0.15, -0.1) is 0 Å². The highest BCUT2D eigenvalue weighted by Gasteiger charge is 2.37. The SMILES string of the molecule is COc1cccc(C(=O)Oc2ccc(C(=O)COC(=O)C3CC(=O)N(c4cc(Cl)ccc4OC)C3)cc2)c1. The predicted octanol–water partition coefficient (Wildman–Crippen LogP) is 4.36. The fourth-order valence-electron chi connectivity index (χ4n) is 3.94. The molecule has 1 atom stereocenters. The normalized spacial score (nSPS) is 14.7. The van der Waals surface area contributed by atoms with Crippen LogP contribution < -0.4 is 19.1 Å². The van der Waals surface area contributed by atoms with Gasteiger partial charge in [-0.05, 0) is 60.7 Å². The Hall–Kier alpha value is -4.37. The lowest BCUT2D eigenvalue weighted by molar-refractivity contribution is -0.147. The van der Waals surface area contributed by atoms with Crippen molar-refractivity contribution >= 4 is 40.9 Å². The molecule has 0 spiro atoms. The van der Waals surface area contributed by atoms with E-state index in [-0.39, 0.29) is 30.2 Å². The fourth-order valence-corrected chi connectivity index (χ4v) is 4.10. The number of Topliss-reactive ketones (excluding diaryl/α,β-unsaturated/α-hetero) is 1. The van der Waals surface area contributed by atoms with Gasteiger partial charge in [0.15, 0.2) is 12.4 Å². The van der Waals surface area contributed by atoms with Crippen LogP contribution in [0.15, 0.2) is 66.7 Å². The molecule has 0 aromatic heterocycles. The topological polar surface area (TPSA) is 108 Å². The number of anilines is 1. The number of amides is 1. The quantitative estimate of drug-likeness (QED) is 0.225. The van der Waals surface area contributed by atoms with E-state index in [1.165, 1.54) is 43.4 Å². The fraction of sp³-hybridized carbons (Fsp3) is 0.214. The second-order valence-corrected chi connectivity index (χ2v) is 8.83. The molecule has 196 valence electrons. The summed E-state index contributed by atoms with van der Waals surface area (Å²) in [5, 5.41) is 0.423. The maximum absolute atomic E-state index is 12.6. The smallest absolute Gasteiger partial charge is 0.343 e. The number of halogens is 1. The molecule has 0 N–H and O–H groups in total. The summed E-state index contributed by atoms with van der Waals surface area (Å²) >= 11 is 6.06. The average Bonchev–Trinajstić information content (AvgIpc) is 3.33. The minimum atomic E-state index is -0.739. The Labute approximate surface area is 223 Å². The van der Waals surface area contributed by atoms with Crippen LogP contribution in [0.4, 0.5) is 5.69 Å². The van der Waals surface area contributed by atoms with Crippen molar-refractivity contribution in [3.05, 3.63) is 82.9 Å². The molecule has 1 aliphatic rings. The first-order chi connectivity index (χ1) is 18.3. The number of esters is 2. The highest BCUT2D eigenvalue weighted by molar-refractivity contribution is 6.31. The minimum Gasteiger partial charge on any atom is -0.497 e. The summed E-state index contributed by atoms with van der Waals surface area (Å²) in [6.45, 7) is -0.414. The lowest BCUT2D eigenvalue weighted by Crippen LogP contribution is -2.27. The number of rotatable bonds is 9. The van der Waals surface area contributed by atoms with Crippen LogP contribution in [0.1, 0.15) is 27.1 Å². The number of hydrogen-bond donors (Lipinski definition) is 0. The molecule has 1 aliphatic heterocycles. The van der Waals surface area contributed by atoms with Gasteiger partial charge in [0.25, 0.3) is 0 Å². The molecule has 1 unspecified atom stereocenters. The van der Waals surface area contributed by atoms with E-state index in [9.17, 15) is 19.2 Å². The first kappa shape index (κ1) is 26.7. The van der Waals surface area contributed by atoms with Crippen molar-refractivity contribution < 1.29 is 38.1 Å². The van der Waals surface area contributed by atoms with Crippen molar-refractivity contribution in [3.63, 3.8) is 0 Å². The molecule has 10 heteroatoms. The van der Waals surface area contributed by atoms with Gasteiger partial charge >= 0.3 is 11.9 Å². The average molecular weight is 538 g/mol. The summed E-state index contributed by atoms with van der Waals surface area (Å²) in [5.41, 5.74) is 1.05. The molecule has 9 nitrogen and oxygen atoms in total. The van der Waals surface area contributed by atoms with E-state index in [0.717, 1.165) is 0 Å². The van der Waals surface area contributed by atoms with Crippen LogP contribution in [0, 0.1) is 5.92 Å². The number of hydrogen-bond acceptors (Lipinski definition) is 8. The van der Waals surface area contributed by atoms with Crippen molar-refractivity contribution in [1.82, 2.24) is 0 Å². The first-order valence-corrected chi connectivity index (χ1v) is 12.0. The Morgan fingerprint density at radius 1 is 0.921 bits per heavy atom. The number of ether oxygens (including phenoxy) is 4. The molecule has 0 aliphatic carbocycles. The zero-order valence-electron chi connectivity index (χ0n) is 20.6. The Morgan fingerprint density at radius 2 is 1.68 bits per heavy atom. The van der Waals surface area contributed by atoms with Gasteiger partial charge in [-0.3, -0.25) is 14.4 Å². The van der Waals surface area contributed by atoms with E-state index in [1.807, 2.05) is 0 Å². The summed E-state index contributed by atoms with van der Waals surface area (Å²) in [7, 11) is 2.97. The van der Waals surface area contributed by atoms with Crippen molar-refractivity contribution in [1.29, 1.82) is 0 Å². The van der Waals surface area contributed by atoms with Gasteiger partial charge in [-0.25, -0.2) is 4.79 Å². The Balaban J connectivity index is 1.31. The van der Waals surface area contributed by atoms with E-state index in [0.29, 0.717) is 27.8 Å². The van der Waals surface area contributed by atoms with Gasteiger partial charge in [0, 0.05) is 23.6 Å². The molecule has 1 saturated heterocycles. The summed E-state index contributed by atoms with van der Waals surface area (Å²) in [5.74, 6) is -1.48. The number of methoxy groups -OCH3 is 2. The zero-order valence-corrected chi connectivity index (χ0v) is 21.4. The van der Waals surface area contributed by atoms with Crippen LogP contribution >= 0.6 is 11.6 Å². The predicted molar refractivity (Wildman–Crippen MR) is 138 cm³/mol. The molecule has 3 aromatic rings. The maximum atomic E-state index is 12.6. The van der Waals surface area contributed by atoms with Crippen LogP contribution in [0.3, 0.4) is 0 Å². The molecule has 38 heavy (non-hydrogen) atoms. The number of carbonyl (C=O) groups is 4. The van der Waals surface area contributed by atoms with E-state index in [4.69, 9.17) is 30.5 Å². The lowest BCUT2D eigenvalue weighted by Gasteiger charge is -2.19. The number of benzene rings is 3. The Kier molecular flexibility index (Phi) is 8.28. The summed E-state index contributed by atoms with van der Waals surface area (Å²) in [6.07, 6.45) is -0.0595. The number of carbonyl (C=O) groups excluding carboxylic acids is 4. The third-order valence-corrected chi connectivity index (χ3v) is 6.16. The highest BCUT2D eigenvalue weighted by atomic mass is 35.5. The molecule has 1 fully saturated rings. The molecule has 0 saturated carbocycles. The summed E-state index contributed by atoms with van der Waals surface area (Å²) in [4.78, 5) is 51.5. The zero-order chi connectivity index (χ0) is 27.2. The van der Waals surface area contributed by atoms with Crippen molar-refractivity contribution in [2.75, 3.05) is 32.3 Å². The molecule has 0 bridgehead atoms. The van der Waals surface area contributed by atoms with Crippen molar-refractivity contribution in [2.24, 2.45) is 5.92 Å². The first-order valence-electron chi connectivity index (χ1n) is 11.6. The van der Waals surface area contributed by atoms with Crippen molar-refractivity contribution in [3.8, 4) is 17.2 Å². The van der Waals surface area contributed by atoms with Crippen LogP contribution in [-0.2, 0) is 14.3 Å². The van der Waals surface area contributed by atoms with Gasteiger partial charge < -0.3 is 23.8 Å². The van der Waals surface area contributed by atoms with Gasteiger partial charge in [0.1, 0.15) is 17.2 Å². The van der Waals surface area contributed by atoms with Gasteiger partial charge in [-0.1, -0.05) is 17.7 Å². The van der Waals surface area contributed by atoms with E-state index in [1.54, 1.807) is 42.5 Å². The Bertz CT molecular complexity index is 1370. The Morgan fingerprint density at radius 3 is 2.39 bits per heavy atom. The third kappa shape index (κ3) is 6.12. The van der Waals surface area contributed by atoms with E-state index >= 15 is 0 Å². The van der Waals surface area contributed by atoms with Crippen LogP contribution in [0.5, 0.6) is 17.2 Å². The van der Waals surface area contributed by atoms with Gasteiger partial charge in [0.2, 0.25) is 5.91 Å². The van der Waals surface area contributed by atoms with Crippen LogP contribution in [0.2, 0.25) is 5.02 Å². The maximum Gasteiger partial charge on any atom is 0.343 e. The molecular formula is C28H24ClNO8. The van der Waals surface area contributed by atoms with Crippen LogP contribution in [-0.4, -0.2) is 51.0 Å². The van der Waals surface area contributed by atoms with Crippen LogP contribution in [0.25, 0.3) is 0 Å². The number of nitrogens with zero attached hydrogens (tertiary/aromatic N) is 1. The molecule has 1 amide bonds. The van der Waals surface area contributed by atoms with E-state index in [2.05, 4.69) is 0 Å². The highest BCUT2D eigenvalue weighted by Crippen LogP contribution is 2.35. The summed E-state index contributed by atoms with van der Waals surface area (Å²) < 4.78 is 20.9. The molecule has 1 heterocycles. The largest absolute Gasteiger partial charge is 0.497 e.